The number of benzene rings is 2. The first-order valence-electron chi connectivity index (χ1n) is 8.30. The van der Waals surface area contributed by atoms with Gasteiger partial charge in [0.15, 0.2) is 0 Å². The van der Waals surface area contributed by atoms with E-state index in [1.807, 2.05) is 26.8 Å². The molecule has 0 amide bonds. The van der Waals surface area contributed by atoms with Crippen LogP contribution in [-0.2, 0) is 0 Å². The topological polar surface area (TPSA) is 20.2 Å². The summed E-state index contributed by atoms with van der Waals surface area (Å²) < 4.78 is 0. The molecule has 1 nitrogen and oxygen atoms in total. The number of aromatic hydroxyl groups is 1. The van der Waals surface area contributed by atoms with Crippen molar-refractivity contribution in [3.63, 3.8) is 0 Å². The van der Waals surface area contributed by atoms with E-state index < -0.39 is 0 Å². The Hall–Kier alpha value is -1.76. The maximum atomic E-state index is 9.41. The Labute approximate surface area is 142 Å². The maximum Gasteiger partial charge on any atom is 0.119 e. The quantitative estimate of drug-likeness (QED) is 0.617. The van der Waals surface area contributed by atoms with Crippen molar-refractivity contribution in [3.8, 4) is 5.75 Å². The molecule has 0 spiro atoms. The van der Waals surface area contributed by atoms with E-state index in [0.29, 0.717) is 5.75 Å². The molecule has 0 bridgehead atoms. The molecule has 2 aromatic carbocycles. The molecule has 0 heterocycles. The van der Waals surface area contributed by atoms with Crippen LogP contribution in [0.2, 0.25) is 0 Å². The van der Waals surface area contributed by atoms with Gasteiger partial charge in [0, 0.05) is 0 Å². The Balaban J connectivity index is 0.000000231. The van der Waals surface area contributed by atoms with Crippen LogP contribution in [0.5, 0.6) is 5.75 Å². The average Bonchev–Trinajstić information content (AvgIpc) is 2.53. The van der Waals surface area contributed by atoms with Crippen molar-refractivity contribution in [2.75, 3.05) is 0 Å². The van der Waals surface area contributed by atoms with Gasteiger partial charge in [0.25, 0.3) is 0 Å². The molecular weight excluding hydrogens is 280 g/mol. The van der Waals surface area contributed by atoms with Crippen LogP contribution in [0.15, 0.2) is 6.07 Å². The zero-order valence-corrected chi connectivity index (χ0v) is 16.5. The SMILES string of the molecule is Cc1c(C)c(C)c(C)c(C)c1C.Cc1cc(O)c(C)c(C)c1C. The smallest absolute Gasteiger partial charge is 0.119 e. The third-order valence-corrected chi connectivity index (χ3v) is 5.83. The summed E-state index contributed by atoms with van der Waals surface area (Å²) in [5, 5.41) is 9.41. The fourth-order valence-corrected chi connectivity index (χ4v) is 2.88. The Kier molecular flexibility index (Phi) is 6.04. The predicted octanol–water partition coefficient (Wildman–Crippen LogP) is 6.16. The molecule has 0 aliphatic rings. The highest BCUT2D eigenvalue weighted by Gasteiger charge is 2.07. The zero-order valence-electron chi connectivity index (χ0n) is 16.5. The third-order valence-electron chi connectivity index (χ3n) is 5.83. The molecule has 0 radical (unpaired) electrons. The standard InChI is InChI=1S/C12H18.C10H14O/c1-7-8(2)10(4)12(6)11(5)9(7)3;1-6-5-10(11)9(4)8(3)7(6)2/h1-6H3;5,11H,1-4H3. The van der Waals surface area contributed by atoms with Gasteiger partial charge in [-0.3, -0.25) is 0 Å². The summed E-state index contributed by atoms with van der Waals surface area (Å²) in [7, 11) is 0. The van der Waals surface area contributed by atoms with E-state index in [0.717, 1.165) is 11.1 Å². The van der Waals surface area contributed by atoms with Gasteiger partial charge in [0.05, 0.1) is 0 Å². The lowest BCUT2D eigenvalue weighted by Gasteiger charge is -2.15. The van der Waals surface area contributed by atoms with E-state index in [2.05, 4.69) is 48.5 Å². The van der Waals surface area contributed by atoms with Crippen LogP contribution in [0.4, 0.5) is 0 Å². The molecule has 1 N–H and O–H groups in total. The minimum absolute atomic E-state index is 0.408. The van der Waals surface area contributed by atoms with Gasteiger partial charge in [-0.15, -0.1) is 0 Å². The van der Waals surface area contributed by atoms with E-state index in [1.54, 1.807) is 0 Å². The second kappa shape index (κ2) is 7.21. The van der Waals surface area contributed by atoms with E-state index in [9.17, 15) is 5.11 Å². The number of phenolic OH excluding ortho intramolecular Hbond substituents is 1. The zero-order chi connectivity index (χ0) is 18.1. The summed E-state index contributed by atoms with van der Waals surface area (Å²) in [5.41, 5.74) is 13.4. The van der Waals surface area contributed by atoms with Crippen LogP contribution in [0.25, 0.3) is 0 Å². The lowest BCUT2D eigenvalue weighted by Crippen LogP contribution is -1.98. The Morgan fingerprint density at radius 1 is 0.435 bits per heavy atom. The molecule has 0 unspecified atom stereocenters. The van der Waals surface area contributed by atoms with Gasteiger partial charge in [-0.25, -0.2) is 0 Å². The van der Waals surface area contributed by atoms with Crippen molar-refractivity contribution < 1.29 is 5.11 Å². The van der Waals surface area contributed by atoms with E-state index in [1.165, 1.54) is 44.5 Å². The summed E-state index contributed by atoms with van der Waals surface area (Å²) in [6, 6.07) is 1.82. The van der Waals surface area contributed by atoms with Crippen LogP contribution >= 0.6 is 0 Å². The van der Waals surface area contributed by atoms with Crippen LogP contribution in [-0.4, -0.2) is 5.11 Å². The van der Waals surface area contributed by atoms with Gasteiger partial charge < -0.3 is 5.11 Å². The van der Waals surface area contributed by atoms with Gasteiger partial charge in [0.1, 0.15) is 5.75 Å². The third kappa shape index (κ3) is 3.77. The van der Waals surface area contributed by atoms with Gasteiger partial charge in [0.2, 0.25) is 0 Å². The van der Waals surface area contributed by atoms with Crippen molar-refractivity contribution >= 4 is 0 Å². The van der Waals surface area contributed by atoms with E-state index >= 15 is 0 Å². The van der Waals surface area contributed by atoms with Crippen molar-refractivity contribution in [3.05, 3.63) is 61.7 Å². The highest BCUT2D eigenvalue weighted by atomic mass is 16.3. The number of aryl methyl sites for hydroxylation is 1. The summed E-state index contributed by atoms with van der Waals surface area (Å²) >= 11 is 0. The molecule has 0 saturated heterocycles. The number of phenols is 1. The molecule has 126 valence electrons. The van der Waals surface area contributed by atoms with Crippen molar-refractivity contribution in [2.24, 2.45) is 0 Å². The summed E-state index contributed by atoms with van der Waals surface area (Å²) in [6.45, 7) is 21.4. The monoisotopic (exact) mass is 312 g/mol. The van der Waals surface area contributed by atoms with Crippen molar-refractivity contribution in [1.82, 2.24) is 0 Å². The first-order valence-corrected chi connectivity index (χ1v) is 8.30. The molecule has 1 heteroatoms. The Morgan fingerprint density at radius 2 is 0.696 bits per heavy atom. The second-order valence-electron chi connectivity index (χ2n) is 6.84. The lowest BCUT2D eigenvalue weighted by atomic mass is 9.90. The fraction of sp³-hybridized carbons (Fsp3) is 0.455. The van der Waals surface area contributed by atoms with Crippen LogP contribution < -0.4 is 0 Å². The number of rotatable bonds is 0. The van der Waals surface area contributed by atoms with Crippen molar-refractivity contribution in [1.29, 1.82) is 0 Å². The first kappa shape index (κ1) is 19.3. The highest BCUT2D eigenvalue weighted by molar-refractivity contribution is 5.48. The molecule has 0 saturated carbocycles. The summed E-state index contributed by atoms with van der Waals surface area (Å²) in [5.74, 6) is 0.408. The minimum Gasteiger partial charge on any atom is -0.508 e. The van der Waals surface area contributed by atoms with Crippen molar-refractivity contribution in [2.45, 2.75) is 69.2 Å². The maximum absolute atomic E-state index is 9.41. The number of hydrogen-bond acceptors (Lipinski definition) is 1. The molecule has 0 aromatic heterocycles. The van der Waals surface area contributed by atoms with E-state index in [-0.39, 0.29) is 0 Å². The predicted molar refractivity (Wildman–Crippen MR) is 102 cm³/mol. The molecular formula is C22H32O. The van der Waals surface area contributed by atoms with Gasteiger partial charge >= 0.3 is 0 Å². The van der Waals surface area contributed by atoms with Gasteiger partial charge in [-0.2, -0.15) is 0 Å². The molecule has 0 aliphatic carbocycles. The Bertz CT molecular complexity index is 605. The van der Waals surface area contributed by atoms with Gasteiger partial charge in [-0.05, 0) is 131 Å². The van der Waals surface area contributed by atoms with Gasteiger partial charge in [-0.1, -0.05) is 0 Å². The van der Waals surface area contributed by atoms with Crippen LogP contribution in [0.1, 0.15) is 55.6 Å². The average molecular weight is 312 g/mol. The molecule has 2 aromatic rings. The molecule has 2 rings (SSSR count). The molecule has 0 fully saturated rings. The number of hydrogen-bond donors (Lipinski definition) is 1. The van der Waals surface area contributed by atoms with Crippen LogP contribution in [0, 0.1) is 69.2 Å². The normalized spacial score (nSPS) is 10.3. The molecule has 0 atom stereocenters. The summed E-state index contributed by atoms with van der Waals surface area (Å²) in [6.07, 6.45) is 0. The van der Waals surface area contributed by atoms with Crippen LogP contribution in [0.3, 0.4) is 0 Å². The highest BCUT2D eigenvalue weighted by Crippen LogP contribution is 2.25. The van der Waals surface area contributed by atoms with E-state index in [4.69, 9.17) is 0 Å². The lowest BCUT2D eigenvalue weighted by molar-refractivity contribution is 0.470. The second-order valence-corrected chi connectivity index (χ2v) is 6.84. The fourth-order valence-electron chi connectivity index (χ4n) is 2.88. The Morgan fingerprint density at radius 3 is 1.00 bits per heavy atom. The minimum atomic E-state index is 0.408. The molecule has 23 heavy (non-hydrogen) atoms. The summed E-state index contributed by atoms with van der Waals surface area (Å²) in [4.78, 5) is 0. The largest absolute Gasteiger partial charge is 0.508 e. The molecule has 0 aliphatic heterocycles. The first-order chi connectivity index (χ1) is 10.5.